The van der Waals surface area contributed by atoms with Crippen LogP contribution in [0.4, 0.5) is 9.18 Å². The molecule has 2 aliphatic rings. The van der Waals surface area contributed by atoms with E-state index in [1.165, 1.54) is 19.2 Å². The minimum absolute atomic E-state index is 0.196. The van der Waals surface area contributed by atoms with Gasteiger partial charge < -0.3 is 19.1 Å². The number of fused-ring (bicyclic) bond motifs is 1. The normalized spacial score (nSPS) is 20.1. The van der Waals surface area contributed by atoms with E-state index in [1.54, 1.807) is 15.6 Å². The van der Waals surface area contributed by atoms with E-state index >= 15 is 0 Å². The third-order valence-corrected chi connectivity index (χ3v) is 6.85. The molecule has 5 rings (SSSR count). The molecule has 9 nitrogen and oxygen atoms in total. The van der Waals surface area contributed by atoms with Crippen LogP contribution in [0, 0.1) is 11.7 Å². The van der Waals surface area contributed by atoms with Crippen molar-refractivity contribution in [3.8, 4) is 5.95 Å². The number of ether oxygens (including phenoxy) is 1. The highest BCUT2D eigenvalue weighted by atomic mass is 19.1. The largest absolute Gasteiger partial charge is 0.453 e. The zero-order valence-corrected chi connectivity index (χ0v) is 19.0. The fourth-order valence-electron chi connectivity index (χ4n) is 5.05. The topological polar surface area (TPSA) is 89.5 Å². The summed E-state index contributed by atoms with van der Waals surface area (Å²) in [6.45, 7) is 6.44. The lowest BCUT2D eigenvalue weighted by atomic mass is 9.95. The lowest BCUT2D eigenvalue weighted by molar-refractivity contribution is 0.128. The maximum absolute atomic E-state index is 13.9. The van der Waals surface area contributed by atoms with Gasteiger partial charge >= 0.3 is 6.09 Å². The predicted octanol–water partition coefficient (Wildman–Crippen LogP) is 3.38. The van der Waals surface area contributed by atoms with Crippen LogP contribution in [0.3, 0.4) is 0 Å². The minimum atomic E-state index is -0.320. The molecule has 1 aromatic carbocycles. The summed E-state index contributed by atoms with van der Waals surface area (Å²) in [4.78, 5) is 20.6. The molecule has 2 saturated heterocycles. The van der Waals surface area contributed by atoms with Gasteiger partial charge in [-0.15, -0.1) is 0 Å². The van der Waals surface area contributed by atoms with Gasteiger partial charge in [-0.25, -0.2) is 9.18 Å². The van der Waals surface area contributed by atoms with Crippen LogP contribution in [0.5, 0.6) is 0 Å². The number of benzene rings is 1. The number of hydrogen-bond acceptors (Lipinski definition) is 7. The summed E-state index contributed by atoms with van der Waals surface area (Å²) >= 11 is 0. The maximum Gasteiger partial charge on any atom is 0.409 e. The van der Waals surface area contributed by atoms with E-state index in [0.717, 1.165) is 69.5 Å². The summed E-state index contributed by atoms with van der Waals surface area (Å²) in [5.74, 6) is 1.31. The molecule has 3 aromatic rings. The van der Waals surface area contributed by atoms with Gasteiger partial charge in [0.25, 0.3) is 5.95 Å². The number of aryl methyl sites for hydroxylation is 1. The second-order valence-corrected chi connectivity index (χ2v) is 8.95. The van der Waals surface area contributed by atoms with Crippen LogP contribution in [0.1, 0.15) is 43.7 Å². The lowest BCUT2D eigenvalue weighted by Crippen LogP contribution is -2.37. The number of amides is 1. The van der Waals surface area contributed by atoms with Crippen molar-refractivity contribution >= 4 is 17.0 Å². The van der Waals surface area contributed by atoms with Gasteiger partial charge in [-0.2, -0.15) is 14.8 Å². The summed E-state index contributed by atoms with van der Waals surface area (Å²) in [7, 11) is 1.43. The van der Waals surface area contributed by atoms with Gasteiger partial charge in [-0.1, -0.05) is 6.92 Å². The number of carbonyl (C=O) groups excluding carboxylic acids is 1. The summed E-state index contributed by atoms with van der Waals surface area (Å²) < 4.78 is 25.9. The number of piperidine rings is 1. The molecule has 0 spiro atoms. The van der Waals surface area contributed by atoms with E-state index in [9.17, 15) is 9.18 Å². The molecule has 0 saturated carbocycles. The number of nitrogens with zero attached hydrogens (tertiary/aromatic N) is 6. The van der Waals surface area contributed by atoms with Crippen LogP contribution in [0.25, 0.3) is 16.9 Å². The Kier molecular flexibility index (Phi) is 6.01. The number of halogens is 1. The quantitative estimate of drug-likeness (QED) is 0.581. The van der Waals surface area contributed by atoms with Crippen LogP contribution in [-0.2, 0) is 11.2 Å². The molecule has 0 bridgehead atoms. The number of methoxy groups -OCH3 is 1. The second-order valence-electron chi connectivity index (χ2n) is 8.95. The molecule has 1 atom stereocenters. The Bertz CT molecular complexity index is 1140. The van der Waals surface area contributed by atoms with E-state index in [-0.39, 0.29) is 17.8 Å². The summed E-state index contributed by atoms with van der Waals surface area (Å²) in [6, 6.07) is 4.65. The first kappa shape index (κ1) is 21.8. The number of rotatable bonds is 5. The van der Waals surface area contributed by atoms with Crippen LogP contribution in [0.15, 0.2) is 22.7 Å². The van der Waals surface area contributed by atoms with E-state index < -0.39 is 0 Å². The first-order valence-electron chi connectivity index (χ1n) is 11.6. The van der Waals surface area contributed by atoms with Crippen molar-refractivity contribution in [2.75, 3.05) is 39.8 Å². The van der Waals surface area contributed by atoms with Crippen molar-refractivity contribution in [2.24, 2.45) is 5.92 Å². The Balaban J connectivity index is 1.22. The Labute approximate surface area is 191 Å². The zero-order valence-electron chi connectivity index (χ0n) is 19.0. The van der Waals surface area contributed by atoms with Crippen molar-refractivity contribution in [3.63, 3.8) is 0 Å². The highest BCUT2D eigenvalue weighted by molar-refractivity contribution is 5.83. The van der Waals surface area contributed by atoms with Gasteiger partial charge in [-0.05, 0) is 62.0 Å². The number of hydrogen-bond donors (Lipinski definition) is 0. The van der Waals surface area contributed by atoms with E-state index in [4.69, 9.17) is 9.26 Å². The van der Waals surface area contributed by atoms with Crippen LogP contribution < -0.4 is 0 Å². The van der Waals surface area contributed by atoms with Crippen molar-refractivity contribution in [1.82, 2.24) is 29.7 Å². The Morgan fingerprint density at radius 1 is 1.24 bits per heavy atom. The smallest absolute Gasteiger partial charge is 0.409 e. The molecule has 2 aliphatic heterocycles. The van der Waals surface area contributed by atoms with E-state index in [0.29, 0.717) is 23.3 Å². The fourth-order valence-corrected chi connectivity index (χ4v) is 5.05. The Hall–Kier alpha value is -3.01. The molecule has 33 heavy (non-hydrogen) atoms. The molecule has 0 radical (unpaired) electrons. The molecule has 0 N–H and O–H groups in total. The third kappa shape index (κ3) is 4.31. The van der Waals surface area contributed by atoms with Crippen molar-refractivity contribution in [1.29, 1.82) is 0 Å². The molecule has 10 heteroatoms. The van der Waals surface area contributed by atoms with Gasteiger partial charge in [0.1, 0.15) is 5.82 Å². The van der Waals surface area contributed by atoms with Gasteiger partial charge in [-0.3, -0.25) is 0 Å². The molecule has 1 amide bonds. The van der Waals surface area contributed by atoms with Gasteiger partial charge in [0.15, 0.2) is 0 Å². The maximum atomic E-state index is 13.9. The van der Waals surface area contributed by atoms with Gasteiger partial charge in [0, 0.05) is 37.0 Å². The van der Waals surface area contributed by atoms with Crippen molar-refractivity contribution in [2.45, 2.75) is 38.5 Å². The summed E-state index contributed by atoms with van der Waals surface area (Å²) in [5.41, 5.74) is 1.52. The molecule has 2 fully saturated rings. The molecular weight excluding hydrogens is 427 g/mol. The van der Waals surface area contributed by atoms with E-state index in [1.807, 2.05) is 6.92 Å². The molecular formula is C23H29FN6O3. The first-order valence-corrected chi connectivity index (χ1v) is 11.6. The minimum Gasteiger partial charge on any atom is -0.453 e. The Morgan fingerprint density at radius 3 is 2.82 bits per heavy atom. The monoisotopic (exact) mass is 456 g/mol. The van der Waals surface area contributed by atoms with Crippen LogP contribution >= 0.6 is 0 Å². The van der Waals surface area contributed by atoms with Gasteiger partial charge in [0.05, 0.1) is 18.3 Å². The lowest BCUT2D eigenvalue weighted by Gasteiger charge is -2.32. The summed E-state index contributed by atoms with van der Waals surface area (Å²) in [6.07, 6.45) is 3.38. The van der Waals surface area contributed by atoms with Crippen LogP contribution in [0.2, 0.25) is 0 Å². The molecule has 2 aromatic heterocycles. The number of likely N-dealkylation sites (tertiary alicyclic amines) is 2. The van der Waals surface area contributed by atoms with Gasteiger partial charge in [0.2, 0.25) is 5.89 Å². The zero-order chi connectivity index (χ0) is 22.9. The fraction of sp³-hybridized carbons (Fsp3) is 0.565. The third-order valence-electron chi connectivity index (χ3n) is 6.85. The molecule has 176 valence electrons. The average Bonchev–Trinajstić information content (AvgIpc) is 3.57. The highest BCUT2D eigenvalue weighted by Crippen LogP contribution is 2.30. The average molecular weight is 457 g/mol. The van der Waals surface area contributed by atoms with Crippen molar-refractivity contribution < 1.29 is 18.4 Å². The SMILES string of the molecule is CCc1nn(-c2noc(C3CCN(C[C@H]4CCN(C(=O)OC)C4)CC3)n2)c2cc(F)ccc12. The number of aromatic nitrogens is 4. The standard InChI is InChI=1S/C23H29FN6O3/c1-3-19-18-5-4-17(24)12-20(18)30(26-19)22-25-21(33-27-22)16-7-9-28(10-8-16)13-15-6-11-29(14-15)23(31)32-2/h4-5,12,15-16H,3,6-11,13-14H2,1-2H3/t15-/m1/s1. The molecule has 0 unspecified atom stereocenters. The van der Waals surface area contributed by atoms with E-state index in [2.05, 4.69) is 20.1 Å². The molecule has 4 heterocycles. The molecule has 0 aliphatic carbocycles. The second kappa shape index (κ2) is 9.09. The van der Waals surface area contributed by atoms with Crippen LogP contribution in [-0.4, -0.2) is 75.6 Å². The first-order chi connectivity index (χ1) is 16.1. The van der Waals surface area contributed by atoms with Crippen molar-refractivity contribution in [3.05, 3.63) is 35.6 Å². The number of carbonyl (C=O) groups is 1. The highest BCUT2D eigenvalue weighted by Gasteiger charge is 2.31. The Morgan fingerprint density at radius 2 is 2.06 bits per heavy atom. The predicted molar refractivity (Wildman–Crippen MR) is 119 cm³/mol. The summed E-state index contributed by atoms with van der Waals surface area (Å²) in [5, 5.41) is 9.64.